The molecule has 5 heteroatoms. The van der Waals surface area contributed by atoms with Gasteiger partial charge in [0.15, 0.2) is 0 Å². The van der Waals surface area contributed by atoms with Gasteiger partial charge in [0.1, 0.15) is 5.82 Å². The van der Waals surface area contributed by atoms with Gasteiger partial charge in [0.05, 0.1) is 11.0 Å². The second-order valence-corrected chi connectivity index (χ2v) is 6.24. The van der Waals surface area contributed by atoms with Crippen LogP contribution in [0.4, 0.5) is 5.69 Å². The van der Waals surface area contributed by atoms with Crippen LogP contribution in [0.5, 0.6) is 0 Å². The van der Waals surface area contributed by atoms with E-state index in [1.165, 1.54) is 12.8 Å². The van der Waals surface area contributed by atoms with Crippen molar-refractivity contribution < 1.29 is 4.79 Å². The van der Waals surface area contributed by atoms with Crippen LogP contribution in [0.15, 0.2) is 18.2 Å². The molecule has 4 rings (SSSR count). The average molecular weight is 284 g/mol. The molecule has 2 aliphatic rings. The third kappa shape index (κ3) is 2.60. The molecule has 5 nitrogen and oxygen atoms in total. The van der Waals surface area contributed by atoms with Crippen molar-refractivity contribution in [1.82, 2.24) is 14.9 Å². The smallest absolute Gasteiger partial charge is 0.222 e. The summed E-state index contributed by atoms with van der Waals surface area (Å²) in [6.07, 6.45) is 5.19. The Balaban J connectivity index is 1.59. The minimum absolute atomic E-state index is 0.150. The zero-order chi connectivity index (χ0) is 14.4. The lowest BCUT2D eigenvalue weighted by molar-refractivity contribution is -0.121. The topological polar surface area (TPSA) is 72.9 Å². The van der Waals surface area contributed by atoms with Crippen molar-refractivity contribution in [2.75, 3.05) is 5.73 Å². The highest BCUT2D eigenvalue weighted by Gasteiger charge is 2.30. The summed E-state index contributed by atoms with van der Waals surface area (Å²) in [5.41, 5.74) is 8.61. The van der Waals surface area contributed by atoms with Crippen LogP contribution < -0.4 is 11.1 Å². The van der Waals surface area contributed by atoms with Crippen LogP contribution in [0.2, 0.25) is 0 Å². The van der Waals surface area contributed by atoms with Gasteiger partial charge in [-0.2, -0.15) is 0 Å². The van der Waals surface area contributed by atoms with Crippen molar-refractivity contribution in [2.45, 2.75) is 50.6 Å². The van der Waals surface area contributed by atoms with Gasteiger partial charge in [-0.25, -0.2) is 4.98 Å². The number of aryl methyl sites for hydroxylation is 1. The molecule has 2 aromatic rings. The Morgan fingerprint density at radius 3 is 2.86 bits per heavy atom. The lowest BCUT2D eigenvalue weighted by atomic mass is 10.2. The number of carbonyl (C=O) groups is 1. The molecular formula is C16H20N4O. The number of fused-ring (bicyclic) bond motifs is 1. The summed E-state index contributed by atoms with van der Waals surface area (Å²) in [5.74, 6) is 1.83. The number of carbonyl (C=O) groups excluding carboxylic acids is 1. The molecule has 0 radical (unpaired) electrons. The van der Waals surface area contributed by atoms with E-state index in [0.717, 1.165) is 35.4 Å². The summed E-state index contributed by atoms with van der Waals surface area (Å²) in [6, 6.07) is 6.27. The summed E-state index contributed by atoms with van der Waals surface area (Å²) in [7, 11) is 0. The van der Waals surface area contributed by atoms with E-state index in [1.54, 1.807) is 0 Å². The van der Waals surface area contributed by atoms with E-state index in [4.69, 9.17) is 10.7 Å². The van der Waals surface area contributed by atoms with E-state index >= 15 is 0 Å². The van der Waals surface area contributed by atoms with Gasteiger partial charge in [-0.05, 0) is 43.9 Å². The lowest BCUT2D eigenvalue weighted by Gasteiger charge is -2.09. The second kappa shape index (κ2) is 4.76. The predicted octanol–water partition coefficient (Wildman–Crippen LogP) is 2.16. The number of anilines is 1. The monoisotopic (exact) mass is 284 g/mol. The highest BCUT2D eigenvalue weighted by atomic mass is 16.1. The molecule has 0 bridgehead atoms. The molecule has 0 spiro atoms. The van der Waals surface area contributed by atoms with Crippen molar-refractivity contribution in [3.05, 3.63) is 24.0 Å². The van der Waals surface area contributed by atoms with E-state index in [9.17, 15) is 4.79 Å². The van der Waals surface area contributed by atoms with Gasteiger partial charge in [-0.1, -0.05) is 0 Å². The van der Waals surface area contributed by atoms with Gasteiger partial charge >= 0.3 is 0 Å². The first-order valence-electron chi connectivity index (χ1n) is 7.76. The van der Waals surface area contributed by atoms with Gasteiger partial charge in [0.25, 0.3) is 0 Å². The zero-order valence-electron chi connectivity index (χ0n) is 12.0. The molecule has 2 aliphatic carbocycles. The number of nitrogens with zero attached hydrogens (tertiary/aromatic N) is 2. The molecule has 0 saturated heterocycles. The van der Waals surface area contributed by atoms with Crippen LogP contribution in [-0.4, -0.2) is 21.5 Å². The summed E-state index contributed by atoms with van der Waals surface area (Å²) in [6.45, 7) is 0.699. The van der Waals surface area contributed by atoms with E-state index < -0.39 is 0 Å². The van der Waals surface area contributed by atoms with E-state index in [-0.39, 0.29) is 5.91 Å². The first kappa shape index (κ1) is 12.7. The molecule has 1 aromatic carbocycles. The Bertz CT molecular complexity index is 698. The lowest BCUT2D eigenvalue weighted by Crippen LogP contribution is -2.26. The number of hydrogen-bond donors (Lipinski definition) is 2. The second-order valence-electron chi connectivity index (χ2n) is 6.24. The highest BCUT2D eigenvalue weighted by Crippen LogP contribution is 2.40. The van der Waals surface area contributed by atoms with Crippen LogP contribution >= 0.6 is 0 Å². The van der Waals surface area contributed by atoms with Crippen LogP contribution in [0.1, 0.15) is 43.8 Å². The third-order valence-electron chi connectivity index (χ3n) is 4.25. The molecule has 1 aromatic heterocycles. The number of aromatic nitrogens is 2. The van der Waals surface area contributed by atoms with Crippen molar-refractivity contribution in [3.8, 4) is 0 Å². The van der Waals surface area contributed by atoms with E-state index in [2.05, 4.69) is 9.88 Å². The van der Waals surface area contributed by atoms with Gasteiger partial charge in [-0.15, -0.1) is 0 Å². The van der Waals surface area contributed by atoms with Crippen LogP contribution in [0, 0.1) is 0 Å². The SMILES string of the molecule is Nc1ccc2c(c1)nc(C1CC1)n2CCC(=O)NC1CC1. The Morgan fingerprint density at radius 1 is 1.33 bits per heavy atom. The summed E-state index contributed by atoms with van der Waals surface area (Å²) < 4.78 is 2.21. The molecule has 1 heterocycles. The number of nitrogens with one attached hydrogen (secondary N) is 1. The van der Waals surface area contributed by atoms with E-state index in [0.29, 0.717) is 24.9 Å². The van der Waals surface area contributed by atoms with Gasteiger partial charge in [0.2, 0.25) is 5.91 Å². The molecule has 21 heavy (non-hydrogen) atoms. The molecule has 0 unspecified atom stereocenters. The van der Waals surface area contributed by atoms with Crippen LogP contribution in [0.25, 0.3) is 11.0 Å². The number of benzene rings is 1. The molecule has 0 atom stereocenters. The van der Waals surface area contributed by atoms with Gasteiger partial charge < -0.3 is 15.6 Å². The molecule has 2 fully saturated rings. The minimum Gasteiger partial charge on any atom is -0.399 e. The Hall–Kier alpha value is -2.04. The standard InChI is InChI=1S/C16H20N4O/c17-11-3-6-14-13(9-11)19-16(10-1-2-10)20(14)8-7-15(21)18-12-4-5-12/h3,6,9-10,12H,1-2,4-5,7-8,17H2,(H,18,21). The zero-order valence-corrected chi connectivity index (χ0v) is 12.0. The van der Waals surface area contributed by atoms with Crippen molar-refractivity contribution in [3.63, 3.8) is 0 Å². The normalized spacial score (nSPS) is 18.1. The summed E-state index contributed by atoms with van der Waals surface area (Å²) >= 11 is 0. The minimum atomic E-state index is 0.150. The fourth-order valence-electron chi connectivity index (χ4n) is 2.79. The number of hydrogen-bond acceptors (Lipinski definition) is 3. The average Bonchev–Trinajstić information content (AvgIpc) is 3.35. The number of amides is 1. The summed E-state index contributed by atoms with van der Waals surface area (Å²) in [4.78, 5) is 16.6. The molecule has 1 amide bonds. The quantitative estimate of drug-likeness (QED) is 0.826. The molecular weight excluding hydrogens is 264 g/mol. The maximum absolute atomic E-state index is 11.9. The van der Waals surface area contributed by atoms with Crippen molar-refractivity contribution in [1.29, 1.82) is 0 Å². The number of imidazole rings is 1. The molecule has 110 valence electrons. The first-order valence-corrected chi connectivity index (χ1v) is 7.76. The molecule has 3 N–H and O–H groups in total. The first-order chi connectivity index (χ1) is 10.2. The third-order valence-corrected chi connectivity index (χ3v) is 4.25. The molecule has 2 saturated carbocycles. The Kier molecular flexibility index (Phi) is 2.87. The Labute approximate surface area is 123 Å². The maximum Gasteiger partial charge on any atom is 0.222 e. The van der Waals surface area contributed by atoms with Crippen molar-refractivity contribution >= 4 is 22.6 Å². The number of nitrogen functional groups attached to an aromatic ring is 1. The highest BCUT2D eigenvalue weighted by molar-refractivity contribution is 5.80. The van der Waals surface area contributed by atoms with Gasteiger partial charge in [0, 0.05) is 30.6 Å². The van der Waals surface area contributed by atoms with Crippen LogP contribution in [-0.2, 0) is 11.3 Å². The predicted molar refractivity (Wildman–Crippen MR) is 81.9 cm³/mol. The van der Waals surface area contributed by atoms with E-state index in [1.807, 2.05) is 18.2 Å². The fourth-order valence-corrected chi connectivity index (χ4v) is 2.79. The molecule has 0 aliphatic heterocycles. The van der Waals surface area contributed by atoms with Crippen molar-refractivity contribution in [2.24, 2.45) is 0 Å². The Morgan fingerprint density at radius 2 is 2.14 bits per heavy atom. The van der Waals surface area contributed by atoms with Gasteiger partial charge in [-0.3, -0.25) is 4.79 Å². The maximum atomic E-state index is 11.9. The number of rotatable bonds is 5. The fraction of sp³-hybridized carbons (Fsp3) is 0.500. The largest absolute Gasteiger partial charge is 0.399 e. The van der Waals surface area contributed by atoms with Crippen LogP contribution in [0.3, 0.4) is 0 Å². The number of nitrogens with two attached hydrogens (primary N) is 1. The summed E-state index contributed by atoms with van der Waals surface area (Å²) in [5, 5.41) is 3.05.